The number of halogens is 3. The number of thioether (sulfide) groups is 1. The number of benzene rings is 1. The van der Waals surface area contributed by atoms with Gasteiger partial charge in [-0.1, -0.05) is 23.2 Å². The highest BCUT2D eigenvalue weighted by atomic mass is 35.5. The van der Waals surface area contributed by atoms with Gasteiger partial charge in [0.25, 0.3) is 4.57 Å². The molecule has 0 heterocycles. The molecule has 0 bridgehead atoms. The minimum Gasteiger partial charge on any atom is -0.268 e. The molecule has 0 saturated heterocycles. The summed E-state index contributed by atoms with van der Waals surface area (Å²) in [6, 6.07) is 4.89. The summed E-state index contributed by atoms with van der Waals surface area (Å²) in [6.45, 7) is 0. The third-order valence-corrected chi connectivity index (χ3v) is 2.71. The van der Waals surface area contributed by atoms with Gasteiger partial charge < -0.3 is 0 Å². The van der Waals surface area contributed by atoms with E-state index in [9.17, 15) is 4.79 Å². The smallest absolute Gasteiger partial charge is 0.268 e. The molecule has 1 nitrogen and oxygen atoms in total. The number of rotatable bonds is 1. The summed E-state index contributed by atoms with van der Waals surface area (Å²) in [5.41, 5.74) is 0. The minimum absolute atomic E-state index is 0.416. The van der Waals surface area contributed by atoms with Gasteiger partial charge in [-0.2, -0.15) is 0 Å². The van der Waals surface area contributed by atoms with Crippen LogP contribution in [0.15, 0.2) is 23.1 Å². The van der Waals surface area contributed by atoms with Gasteiger partial charge in [0, 0.05) is 4.90 Å². The minimum atomic E-state index is -0.492. The van der Waals surface area contributed by atoms with Gasteiger partial charge in [0.15, 0.2) is 0 Å². The summed E-state index contributed by atoms with van der Waals surface area (Å²) >= 11 is 17.4. The first-order valence-corrected chi connectivity index (χ1v) is 4.87. The topological polar surface area (TPSA) is 17.1 Å². The van der Waals surface area contributed by atoms with Crippen LogP contribution in [0.5, 0.6) is 0 Å². The Morgan fingerprint density at radius 2 is 1.92 bits per heavy atom. The maximum absolute atomic E-state index is 10.5. The summed E-state index contributed by atoms with van der Waals surface area (Å²) in [6.07, 6.45) is 0. The van der Waals surface area contributed by atoms with Crippen LogP contribution in [0.2, 0.25) is 10.0 Å². The molecule has 64 valence electrons. The summed E-state index contributed by atoms with van der Waals surface area (Å²) in [5.74, 6) is 0. The van der Waals surface area contributed by atoms with Crippen molar-refractivity contribution in [3.8, 4) is 0 Å². The zero-order chi connectivity index (χ0) is 9.14. The van der Waals surface area contributed by atoms with E-state index in [1.165, 1.54) is 0 Å². The molecule has 0 spiro atoms. The van der Waals surface area contributed by atoms with Crippen LogP contribution in [0.3, 0.4) is 0 Å². The first-order valence-electron chi connectivity index (χ1n) is 2.92. The van der Waals surface area contributed by atoms with Crippen LogP contribution < -0.4 is 0 Å². The fraction of sp³-hybridized carbons (Fsp3) is 0. The molecule has 0 fully saturated rings. The van der Waals surface area contributed by atoms with Crippen LogP contribution in [0.4, 0.5) is 4.79 Å². The lowest BCUT2D eigenvalue weighted by Gasteiger charge is -1.98. The van der Waals surface area contributed by atoms with E-state index in [2.05, 4.69) is 0 Å². The Balaban J connectivity index is 2.89. The third kappa shape index (κ3) is 2.87. The Morgan fingerprint density at radius 3 is 2.42 bits per heavy atom. The molecular weight excluding hydrogens is 239 g/mol. The zero-order valence-electron chi connectivity index (χ0n) is 5.68. The van der Waals surface area contributed by atoms with Crippen molar-refractivity contribution in [1.82, 2.24) is 0 Å². The van der Waals surface area contributed by atoms with Crippen LogP contribution >= 0.6 is 46.6 Å². The van der Waals surface area contributed by atoms with Gasteiger partial charge >= 0.3 is 0 Å². The second-order valence-electron chi connectivity index (χ2n) is 1.92. The molecule has 1 aromatic rings. The van der Waals surface area contributed by atoms with E-state index >= 15 is 0 Å². The van der Waals surface area contributed by atoms with E-state index in [0.29, 0.717) is 14.9 Å². The average Bonchev–Trinajstić information content (AvgIpc) is 1.96. The standard InChI is InChI=1S/C7H3Cl3OS/c8-5-2-1-4(3-6(5)9)12-7(10)11/h1-3H. The Kier molecular flexibility index (Phi) is 3.72. The quantitative estimate of drug-likeness (QED) is 0.534. The number of hydrogen-bond donors (Lipinski definition) is 0. The molecule has 0 N–H and O–H groups in total. The normalized spacial score (nSPS) is 9.92. The Bertz CT molecular complexity index is 314. The maximum atomic E-state index is 10.5. The highest BCUT2D eigenvalue weighted by Gasteiger charge is 2.03. The molecule has 0 aliphatic carbocycles. The molecule has 0 aliphatic heterocycles. The van der Waals surface area contributed by atoms with Crippen LogP contribution in [-0.4, -0.2) is 4.57 Å². The lowest BCUT2D eigenvalue weighted by Crippen LogP contribution is -1.76. The Morgan fingerprint density at radius 1 is 1.25 bits per heavy atom. The first kappa shape index (κ1) is 10.2. The molecule has 1 aromatic carbocycles. The van der Waals surface area contributed by atoms with Crippen LogP contribution in [-0.2, 0) is 0 Å². The lowest BCUT2D eigenvalue weighted by molar-refractivity contribution is 0.276. The number of carbonyl (C=O) groups is 1. The summed E-state index contributed by atoms with van der Waals surface area (Å²) in [7, 11) is 0. The number of carbonyl (C=O) groups excluding carboxylic acids is 1. The highest BCUT2D eigenvalue weighted by Crippen LogP contribution is 2.29. The van der Waals surface area contributed by atoms with Crippen LogP contribution in [0, 0.1) is 0 Å². The molecule has 0 atom stereocenters. The predicted octanol–water partition coefficient (Wildman–Crippen LogP) is 4.44. The first-order chi connectivity index (χ1) is 5.59. The highest BCUT2D eigenvalue weighted by molar-refractivity contribution is 8.16. The van der Waals surface area contributed by atoms with Gasteiger partial charge in [-0.3, -0.25) is 4.79 Å². The van der Waals surface area contributed by atoms with Crippen molar-refractivity contribution in [3.63, 3.8) is 0 Å². The zero-order valence-corrected chi connectivity index (χ0v) is 8.77. The van der Waals surface area contributed by atoms with Crippen molar-refractivity contribution in [3.05, 3.63) is 28.2 Å². The van der Waals surface area contributed by atoms with Crippen molar-refractivity contribution in [2.45, 2.75) is 4.90 Å². The summed E-state index contributed by atoms with van der Waals surface area (Å²) < 4.78 is -0.492. The van der Waals surface area contributed by atoms with Gasteiger partial charge in [0.05, 0.1) is 10.0 Å². The van der Waals surface area contributed by atoms with Crippen molar-refractivity contribution in [1.29, 1.82) is 0 Å². The Labute approximate surface area is 89.0 Å². The van der Waals surface area contributed by atoms with E-state index in [4.69, 9.17) is 34.8 Å². The van der Waals surface area contributed by atoms with Gasteiger partial charge in [0.1, 0.15) is 0 Å². The van der Waals surface area contributed by atoms with E-state index in [1.54, 1.807) is 18.2 Å². The molecule has 5 heteroatoms. The second kappa shape index (κ2) is 4.38. The molecule has 0 radical (unpaired) electrons. The van der Waals surface area contributed by atoms with Gasteiger partial charge in [-0.05, 0) is 41.6 Å². The predicted molar refractivity (Wildman–Crippen MR) is 53.6 cm³/mol. The molecule has 0 amide bonds. The van der Waals surface area contributed by atoms with Crippen molar-refractivity contribution in [2.75, 3.05) is 0 Å². The summed E-state index contributed by atoms with van der Waals surface area (Å²) in [5, 5.41) is 0.877. The molecular formula is C7H3Cl3OS. The SMILES string of the molecule is O=C(Cl)Sc1ccc(Cl)c(Cl)c1. The van der Waals surface area contributed by atoms with Gasteiger partial charge in [0.2, 0.25) is 0 Å². The van der Waals surface area contributed by atoms with Crippen LogP contribution in [0.1, 0.15) is 0 Å². The monoisotopic (exact) mass is 240 g/mol. The molecule has 0 aliphatic rings. The molecule has 0 aromatic heterocycles. The van der Waals surface area contributed by atoms with E-state index < -0.39 is 4.57 Å². The fourth-order valence-electron chi connectivity index (χ4n) is 0.633. The van der Waals surface area contributed by atoms with Crippen molar-refractivity contribution >= 4 is 51.1 Å². The Hall–Kier alpha value is 0.110. The molecule has 0 unspecified atom stereocenters. The molecule has 12 heavy (non-hydrogen) atoms. The largest absolute Gasteiger partial charge is 0.284 e. The number of hydrogen-bond acceptors (Lipinski definition) is 2. The van der Waals surface area contributed by atoms with Crippen LogP contribution in [0.25, 0.3) is 0 Å². The van der Waals surface area contributed by atoms with Crippen molar-refractivity contribution in [2.24, 2.45) is 0 Å². The van der Waals surface area contributed by atoms with Gasteiger partial charge in [-0.15, -0.1) is 0 Å². The van der Waals surface area contributed by atoms with Crippen molar-refractivity contribution < 1.29 is 4.79 Å². The fourth-order valence-corrected chi connectivity index (χ4v) is 1.76. The third-order valence-electron chi connectivity index (χ3n) is 1.09. The maximum Gasteiger partial charge on any atom is 0.284 e. The van der Waals surface area contributed by atoms with E-state index in [-0.39, 0.29) is 0 Å². The van der Waals surface area contributed by atoms with Gasteiger partial charge in [-0.25, -0.2) is 0 Å². The lowest BCUT2D eigenvalue weighted by atomic mass is 10.4. The average molecular weight is 242 g/mol. The second-order valence-corrected chi connectivity index (χ2v) is 4.34. The van der Waals surface area contributed by atoms with E-state index in [0.717, 1.165) is 11.8 Å². The molecule has 1 rings (SSSR count). The van der Waals surface area contributed by atoms with E-state index in [1.807, 2.05) is 0 Å². The summed E-state index contributed by atoms with van der Waals surface area (Å²) in [4.78, 5) is 11.1. The molecule has 0 saturated carbocycles.